The van der Waals surface area contributed by atoms with Crippen LogP contribution in [0.5, 0.6) is 5.75 Å². The lowest BCUT2D eigenvalue weighted by molar-refractivity contribution is 0.317. The van der Waals surface area contributed by atoms with Crippen LogP contribution in [0.1, 0.15) is 32.3 Å². The first kappa shape index (κ1) is 14.6. The highest BCUT2D eigenvalue weighted by Gasteiger charge is 2.07. The van der Waals surface area contributed by atoms with Gasteiger partial charge in [-0.2, -0.15) is 5.10 Å². The van der Waals surface area contributed by atoms with Crippen molar-refractivity contribution in [2.75, 3.05) is 13.2 Å². The molecule has 108 valence electrons. The highest BCUT2D eigenvalue weighted by Crippen LogP contribution is 2.23. The number of nitrogens with zero attached hydrogens (tertiary/aromatic N) is 1. The summed E-state index contributed by atoms with van der Waals surface area (Å²) in [5.41, 5.74) is 3.41. The summed E-state index contributed by atoms with van der Waals surface area (Å²) < 4.78 is 5.60. The molecule has 1 aromatic heterocycles. The van der Waals surface area contributed by atoms with E-state index in [-0.39, 0.29) is 0 Å². The summed E-state index contributed by atoms with van der Waals surface area (Å²) >= 11 is 0. The molecule has 0 amide bonds. The zero-order valence-corrected chi connectivity index (χ0v) is 12.3. The minimum Gasteiger partial charge on any atom is -0.494 e. The Morgan fingerprint density at radius 3 is 2.65 bits per heavy atom. The van der Waals surface area contributed by atoms with E-state index in [1.165, 1.54) is 5.56 Å². The minimum absolute atomic E-state index is 0.760. The van der Waals surface area contributed by atoms with E-state index in [0.29, 0.717) is 0 Å². The third-order valence-corrected chi connectivity index (χ3v) is 3.08. The fourth-order valence-electron chi connectivity index (χ4n) is 2.03. The van der Waals surface area contributed by atoms with Gasteiger partial charge in [0.2, 0.25) is 0 Å². The summed E-state index contributed by atoms with van der Waals surface area (Å²) in [7, 11) is 0. The minimum atomic E-state index is 0.760. The molecule has 0 bridgehead atoms. The first-order chi connectivity index (χ1) is 9.85. The number of nitrogens with one attached hydrogen (secondary N) is 2. The van der Waals surface area contributed by atoms with Crippen LogP contribution < -0.4 is 10.1 Å². The number of H-pyrrole nitrogens is 1. The molecule has 4 nitrogen and oxygen atoms in total. The van der Waals surface area contributed by atoms with Crippen LogP contribution in [0, 0.1) is 0 Å². The van der Waals surface area contributed by atoms with Gasteiger partial charge in [-0.1, -0.05) is 13.8 Å². The molecule has 1 heterocycles. The second-order valence-corrected chi connectivity index (χ2v) is 4.82. The molecule has 0 unspecified atom stereocenters. The summed E-state index contributed by atoms with van der Waals surface area (Å²) in [5.74, 6) is 0.917. The first-order valence-corrected chi connectivity index (χ1v) is 7.31. The molecule has 0 aliphatic heterocycles. The van der Waals surface area contributed by atoms with E-state index in [9.17, 15) is 0 Å². The Balaban J connectivity index is 2.05. The van der Waals surface area contributed by atoms with Crippen LogP contribution in [0.25, 0.3) is 11.3 Å². The summed E-state index contributed by atoms with van der Waals surface area (Å²) in [5, 5.41) is 10.6. The summed E-state index contributed by atoms with van der Waals surface area (Å²) in [4.78, 5) is 0. The van der Waals surface area contributed by atoms with Crippen LogP contribution in [0.4, 0.5) is 0 Å². The summed E-state index contributed by atoms with van der Waals surface area (Å²) in [6, 6.07) is 8.16. The molecule has 2 aromatic rings. The Hall–Kier alpha value is -1.81. The lowest BCUT2D eigenvalue weighted by Gasteiger charge is -2.07. The topological polar surface area (TPSA) is 49.9 Å². The van der Waals surface area contributed by atoms with E-state index in [0.717, 1.165) is 49.5 Å². The highest BCUT2D eigenvalue weighted by atomic mass is 16.5. The Morgan fingerprint density at radius 1 is 1.15 bits per heavy atom. The maximum Gasteiger partial charge on any atom is 0.119 e. The van der Waals surface area contributed by atoms with Gasteiger partial charge in [0.25, 0.3) is 0 Å². The quantitative estimate of drug-likeness (QED) is 0.725. The highest BCUT2D eigenvalue weighted by molar-refractivity contribution is 5.63. The SMILES string of the molecule is CCCNCc1cn[nH]c1-c1ccc(OCCC)cc1. The van der Waals surface area contributed by atoms with E-state index in [2.05, 4.69) is 41.5 Å². The van der Waals surface area contributed by atoms with Crippen molar-refractivity contribution >= 4 is 0 Å². The van der Waals surface area contributed by atoms with Crippen molar-refractivity contribution in [2.24, 2.45) is 0 Å². The van der Waals surface area contributed by atoms with Gasteiger partial charge in [-0.3, -0.25) is 5.10 Å². The lowest BCUT2D eigenvalue weighted by atomic mass is 10.1. The van der Waals surface area contributed by atoms with E-state index >= 15 is 0 Å². The maximum atomic E-state index is 5.60. The molecule has 2 N–H and O–H groups in total. The predicted octanol–water partition coefficient (Wildman–Crippen LogP) is 3.37. The van der Waals surface area contributed by atoms with Crippen molar-refractivity contribution in [1.29, 1.82) is 0 Å². The van der Waals surface area contributed by atoms with Gasteiger partial charge >= 0.3 is 0 Å². The lowest BCUT2D eigenvalue weighted by Crippen LogP contribution is -2.13. The maximum absolute atomic E-state index is 5.60. The van der Waals surface area contributed by atoms with E-state index < -0.39 is 0 Å². The smallest absolute Gasteiger partial charge is 0.119 e. The molecule has 20 heavy (non-hydrogen) atoms. The molecule has 0 aliphatic carbocycles. The second-order valence-electron chi connectivity index (χ2n) is 4.82. The molecule has 0 radical (unpaired) electrons. The number of hydrogen-bond acceptors (Lipinski definition) is 3. The number of rotatable bonds is 8. The van der Waals surface area contributed by atoms with Gasteiger partial charge in [0.1, 0.15) is 5.75 Å². The Kier molecular flexibility index (Phi) is 5.62. The predicted molar refractivity (Wildman–Crippen MR) is 81.8 cm³/mol. The molecule has 4 heteroatoms. The van der Waals surface area contributed by atoms with Crippen molar-refractivity contribution in [3.63, 3.8) is 0 Å². The third-order valence-electron chi connectivity index (χ3n) is 3.08. The van der Waals surface area contributed by atoms with Gasteiger partial charge in [-0.05, 0) is 43.7 Å². The van der Waals surface area contributed by atoms with Crippen molar-refractivity contribution in [3.8, 4) is 17.0 Å². The fourth-order valence-corrected chi connectivity index (χ4v) is 2.03. The monoisotopic (exact) mass is 273 g/mol. The van der Waals surface area contributed by atoms with Crippen LogP contribution in [0.2, 0.25) is 0 Å². The van der Waals surface area contributed by atoms with Crippen LogP contribution in [0.3, 0.4) is 0 Å². The van der Waals surface area contributed by atoms with Crippen molar-refractivity contribution in [2.45, 2.75) is 33.2 Å². The molecular formula is C16H23N3O. The molecule has 2 rings (SSSR count). The normalized spacial score (nSPS) is 10.7. The number of benzene rings is 1. The molecule has 0 atom stereocenters. The van der Waals surface area contributed by atoms with E-state index in [1.807, 2.05) is 18.3 Å². The number of ether oxygens (including phenoxy) is 1. The van der Waals surface area contributed by atoms with Crippen molar-refractivity contribution < 1.29 is 4.74 Å². The molecule has 0 saturated heterocycles. The van der Waals surface area contributed by atoms with Crippen molar-refractivity contribution in [1.82, 2.24) is 15.5 Å². The summed E-state index contributed by atoms with van der Waals surface area (Å²) in [6.45, 7) is 6.89. The molecule has 0 saturated carbocycles. The largest absolute Gasteiger partial charge is 0.494 e. The molecule has 0 spiro atoms. The number of aromatic nitrogens is 2. The zero-order valence-electron chi connectivity index (χ0n) is 12.3. The Morgan fingerprint density at radius 2 is 1.95 bits per heavy atom. The van der Waals surface area contributed by atoms with Gasteiger partial charge in [0, 0.05) is 17.7 Å². The zero-order chi connectivity index (χ0) is 14.2. The number of hydrogen-bond donors (Lipinski definition) is 2. The van der Waals surface area contributed by atoms with Crippen LogP contribution >= 0.6 is 0 Å². The fraction of sp³-hybridized carbons (Fsp3) is 0.438. The van der Waals surface area contributed by atoms with Crippen LogP contribution in [0.15, 0.2) is 30.5 Å². The van der Waals surface area contributed by atoms with Gasteiger partial charge in [-0.25, -0.2) is 0 Å². The Bertz CT molecular complexity index is 505. The number of aromatic amines is 1. The standard InChI is InChI=1S/C16H23N3O/c1-3-9-17-11-14-12-18-19-16(14)13-5-7-15(8-6-13)20-10-4-2/h5-8,12,17H,3-4,9-11H2,1-2H3,(H,18,19). The second kappa shape index (κ2) is 7.70. The van der Waals surface area contributed by atoms with Crippen LogP contribution in [-0.4, -0.2) is 23.3 Å². The molecule has 1 aromatic carbocycles. The van der Waals surface area contributed by atoms with Gasteiger partial charge in [0.15, 0.2) is 0 Å². The van der Waals surface area contributed by atoms with Crippen molar-refractivity contribution in [3.05, 3.63) is 36.0 Å². The molecule has 0 aliphatic rings. The Labute approximate surface area is 120 Å². The van der Waals surface area contributed by atoms with Gasteiger partial charge in [0.05, 0.1) is 18.5 Å². The molecule has 0 fully saturated rings. The first-order valence-electron chi connectivity index (χ1n) is 7.31. The van der Waals surface area contributed by atoms with Gasteiger partial charge < -0.3 is 10.1 Å². The van der Waals surface area contributed by atoms with E-state index in [4.69, 9.17) is 4.74 Å². The van der Waals surface area contributed by atoms with E-state index in [1.54, 1.807) is 0 Å². The van der Waals surface area contributed by atoms with Gasteiger partial charge in [-0.15, -0.1) is 0 Å². The van der Waals surface area contributed by atoms with Crippen LogP contribution in [-0.2, 0) is 6.54 Å². The average molecular weight is 273 g/mol. The third kappa shape index (κ3) is 3.84. The molecular weight excluding hydrogens is 250 g/mol. The summed E-state index contributed by atoms with van der Waals surface area (Å²) in [6.07, 6.45) is 4.05. The average Bonchev–Trinajstić information content (AvgIpc) is 2.94.